The minimum absolute atomic E-state index is 0.527. The lowest BCUT2D eigenvalue weighted by Crippen LogP contribution is -2.14. The van der Waals surface area contributed by atoms with Crippen LogP contribution in [0.1, 0.15) is 23.6 Å². The topological polar surface area (TPSA) is 30.5 Å². The number of ether oxygens (including phenoxy) is 2. The third-order valence-electron chi connectivity index (χ3n) is 3.47. The van der Waals surface area contributed by atoms with E-state index in [1.54, 1.807) is 0 Å². The van der Waals surface area contributed by atoms with Gasteiger partial charge in [0.25, 0.3) is 0 Å². The normalized spacial score (nSPS) is 10.3. The Morgan fingerprint density at radius 2 is 1.87 bits per heavy atom. The molecule has 0 amide bonds. The second-order valence-electron chi connectivity index (χ2n) is 5.37. The number of aryl methyl sites for hydroxylation is 1. The second-order valence-corrected chi connectivity index (χ2v) is 5.37. The average Bonchev–Trinajstić information content (AvgIpc) is 2.56. The summed E-state index contributed by atoms with van der Waals surface area (Å²) in [7, 11) is 0. The first-order valence-corrected chi connectivity index (χ1v) is 7.99. The smallest absolute Gasteiger partial charge is 0.166 e. The van der Waals surface area contributed by atoms with Crippen molar-refractivity contribution in [3.8, 4) is 11.5 Å². The Labute approximate surface area is 138 Å². The minimum atomic E-state index is 0.527. The summed E-state index contributed by atoms with van der Waals surface area (Å²) in [6.45, 7) is 10.4. The monoisotopic (exact) mass is 311 g/mol. The lowest BCUT2D eigenvalue weighted by Gasteiger charge is -2.16. The molecule has 1 N–H and O–H groups in total. The highest BCUT2D eigenvalue weighted by molar-refractivity contribution is 5.46. The van der Waals surface area contributed by atoms with Crippen LogP contribution in [0.4, 0.5) is 0 Å². The lowest BCUT2D eigenvalue weighted by molar-refractivity contribution is 0.266. The molecule has 122 valence electrons. The van der Waals surface area contributed by atoms with Gasteiger partial charge in [0.15, 0.2) is 11.5 Å². The maximum atomic E-state index is 6.09. The largest absolute Gasteiger partial charge is 0.490 e. The van der Waals surface area contributed by atoms with E-state index >= 15 is 0 Å². The van der Waals surface area contributed by atoms with E-state index in [9.17, 15) is 0 Å². The van der Waals surface area contributed by atoms with Crippen LogP contribution in [-0.4, -0.2) is 13.2 Å². The van der Waals surface area contributed by atoms with Gasteiger partial charge in [-0.1, -0.05) is 48.0 Å². The summed E-state index contributed by atoms with van der Waals surface area (Å²) in [5.74, 6) is 1.60. The van der Waals surface area contributed by atoms with E-state index in [0.29, 0.717) is 13.2 Å². The molecule has 3 heteroatoms. The fourth-order valence-electron chi connectivity index (χ4n) is 2.28. The van der Waals surface area contributed by atoms with Gasteiger partial charge in [0.2, 0.25) is 0 Å². The number of para-hydroxylation sites is 1. The molecule has 0 aromatic heterocycles. The van der Waals surface area contributed by atoms with Crippen LogP contribution in [0.3, 0.4) is 0 Å². The van der Waals surface area contributed by atoms with Gasteiger partial charge >= 0.3 is 0 Å². The predicted molar refractivity (Wildman–Crippen MR) is 95.0 cm³/mol. The van der Waals surface area contributed by atoms with Gasteiger partial charge in [-0.25, -0.2) is 0 Å². The summed E-state index contributed by atoms with van der Waals surface area (Å²) < 4.78 is 11.8. The van der Waals surface area contributed by atoms with Crippen molar-refractivity contribution < 1.29 is 9.47 Å². The molecule has 0 aliphatic carbocycles. The van der Waals surface area contributed by atoms with Gasteiger partial charge in [0.1, 0.15) is 6.61 Å². The van der Waals surface area contributed by atoms with Crippen LogP contribution in [0.15, 0.2) is 55.1 Å². The van der Waals surface area contributed by atoms with Crippen molar-refractivity contribution in [2.45, 2.75) is 27.0 Å². The quantitative estimate of drug-likeness (QED) is 0.555. The molecule has 2 aromatic carbocycles. The summed E-state index contributed by atoms with van der Waals surface area (Å²) in [5, 5.41) is 3.31. The van der Waals surface area contributed by atoms with E-state index in [0.717, 1.165) is 35.7 Å². The fourth-order valence-corrected chi connectivity index (χ4v) is 2.28. The zero-order chi connectivity index (χ0) is 16.5. The van der Waals surface area contributed by atoms with Crippen molar-refractivity contribution >= 4 is 0 Å². The number of hydrogen-bond acceptors (Lipinski definition) is 3. The third kappa shape index (κ3) is 5.15. The maximum Gasteiger partial charge on any atom is 0.166 e. The maximum absolute atomic E-state index is 6.09. The van der Waals surface area contributed by atoms with Gasteiger partial charge in [-0.15, -0.1) is 6.58 Å². The summed E-state index contributed by atoms with van der Waals surface area (Å²) in [6.07, 6.45) is 1.85. The molecule has 0 bridgehead atoms. The highest BCUT2D eigenvalue weighted by Gasteiger charge is 2.11. The molecule has 0 saturated heterocycles. The first kappa shape index (κ1) is 17.1. The van der Waals surface area contributed by atoms with Gasteiger partial charge in [-0.3, -0.25) is 0 Å². The Hall–Kier alpha value is -2.26. The van der Waals surface area contributed by atoms with E-state index in [1.165, 1.54) is 5.56 Å². The number of rotatable bonds is 9. The van der Waals surface area contributed by atoms with Crippen molar-refractivity contribution in [3.05, 3.63) is 71.8 Å². The fraction of sp³-hybridized carbons (Fsp3) is 0.300. The van der Waals surface area contributed by atoms with Crippen LogP contribution in [0.2, 0.25) is 0 Å². The molecule has 0 aliphatic heterocycles. The minimum Gasteiger partial charge on any atom is -0.490 e. The molecular formula is C20H25NO2. The van der Waals surface area contributed by atoms with Crippen molar-refractivity contribution in [3.63, 3.8) is 0 Å². The Morgan fingerprint density at radius 1 is 1.09 bits per heavy atom. The van der Waals surface area contributed by atoms with Gasteiger partial charge in [0.05, 0.1) is 6.61 Å². The van der Waals surface area contributed by atoms with Crippen LogP contribution in [0, 0.1) is 6.92 Å². The summed E-state index contributed by atoms with van der Waals surface area (Å²) in [6, 6.07) is 14.4. The predicted octanol–water partition coefficient (Wildman–Crippen LogP) is 4.25. The number of benzene rings is 2. The highest BCUT2D eigenvalue weighted by atomic mass is 16.5. The summed E-state index contributed by atoms with van der Waals surface area (Å²) in [5.41, 5.74) is 3.48. The lowest BCUT2D eigenvalue weighted by atomic mass is 10.1. The molecule has 0 radical (unpaired) electrons. The first-order chi connectivity index (χ1) is 11.2. The van der Waals surface area contributed by atoms with Gasteiger partial charge in [-0.05, 0) is 25.5 Å². The molecule has 0 heterocycles. The second kappa shape index (κ2) is 9.01. The molecule has 2 aromatic rings. The molecule has 0 atom stereocenters. The Bertz CT molecular complexity index is 620. The molecule has 3 nitrogen and oxygen atoms in total. The zero-order valence-corrected chi connectivity index (χ0v) is 14.0. The molecule has 23 heavy (non-hydrogen) atoms. The molecular weight excluding hydrogens is 286 g/mol. The Balaban J connectivity index is 2.15. The average molecular weight is 311 g/mol. The summed E-state index contributed by atoms with van der Waals surface area (Å²) in [4.78, 5) is 0. The van der Waals surface area contributed by atoms with Gasteiger partial charge < -0.3 is 14.8 Å². The van der Waals surface area contributed by atoms with E-state index < -0.39 is 0 Å². The van der Waals surface area contributed by atoms with Crippen LogP contribution < -0.4 is 14.8 Å². The van der Waals surface area contributed by atoms with Crippen molar-refractivity contribution in [1.82, 2.24) is 5.32 Å². The zero-order valence-electron chi connectivity index (χ0n) is 14.0. The van der Waals surface area contributed by atoms with Gasteiger partial charge in [-0.2, -0.15) is 0 Å². The molecule has 0 fully saturated rings. The first-order valence-electron chi connectivity index (χ1n) is 7.99. The van der Waals surface area contributed by atoms with Gasteiger partial charge in [0, 0.05) is 18.7 Å². The molecule has 2 rings (SSSR count). The van der Waals surface area contributed by atoms with Crippen molar-refractivity contribution in [1.29, 1.82) is 0 Å². The molecule has 0 spiro atoms. The number of hydrogen-bond donors (Lipinski definition) is 1. The van der Waals surface area contributed by atoms with E-state index in [-0.39, 0.29) is 0 Å². The van der Waals surface area contributed by atoms with Crippen LogP contribution >= 0.6 is 0 Å². The van der Waals surface area contributed by atoms with E-state index in [2.05, 4.69) is 49.2 Å². The molecule has 0 aliphatic rings. The molecule has 0 saturated carbocycles. The summed E-state index contributed by atoms with van der Waals surface area (Å²) >= 11 is 0. The van der Waals surface area contributed by atoms with Crippen LogP contribution in [-0.2, 0) is 13.2 Å². The van der Waals surface area contributed by atoms with Crippen molar-refractivity contribution in [2.75, 3.05) is 13.2 Å². The molecule has 0 unspecified atom stereocenters. The van der Waals surface area contributed by atoms with Crippen LogP contribution in [0.5, 0.6) is 11.5 Å². The van der Waals surface area contributed by atoms with E-state index in [4.69, 9.17) is 9.47 Å². The SMILES string of the molecule is C=CCNCc1cccc(OCC)c1OCc1ccc(C)cc1. The Morgan fingerprint density at radius 3 is 2.57 bits per heavy atom. The highest BCUT2D eigenvalue weighted by Crippen LogP contribution is 2.32. The third-order valence-corrected chi connectivity index (χ3v) is 3.47. The van der Waals surface area contributed by atoms with E-state index in [1.807, 2.05) is 25.1 Å². The van der Waals surface area contributed by atoms with Crippen LogP contribution in [0.25, 0.3) is 0 Å². The standard InChI is InChI=1S/C20H25NO2/c1-4-13-21-14-18-7-6-8-19(22-5-2)20(18)23-15-17-11-9-16(3)10-12-17/h4,6-12,21H,1,5,13-15H2,2-3H3. The number of nitrogens with one attached hydrogen (secondary N) is 1. The Kier molecular flexibility index (Phi) is 6.70. The van der Waals surface area contributed by atoms with Crippen molar-refractivity contribution in [2.24, 2.45) is 0 Å².